The molecule has 0 radical (unpaired) electrons. The Morgan fingerprint density at radius 2 is 1.79 bits per heavy atom. The monoisotopic (exact) mass is 312 g/mol. The van der Waals surface area contributed by atoms with Crippen LogP contribution in [0.2, 0.25) is 0 Å². The van der Waals surface area contributed by atoms with Gasteiger partial charge < -0.3 is 10.8 Å². The first-order valence-corrected chi connectivity index (χ1v) is 8.50. The number of hydrogen-bond acceptors (Lipinski definition) is 4. The van der Waals surface area contributed by atoms with Crippen molar-refractivity contribution in [3.63, 3.8) is 0 Å². The third-order valence-electron chi connectivity index (χ3n) is 4.09. The summed E-state index contributed by atoms with van der Waals surface area (Å²) in [5, 5.41) is 9.56. The lowest BCUT2D eigenvalue weighted by Gasteiger charge is -2.32. The minimum atomic E-state index is -3.20. The van der Waals surface area contributed by atoms with E-state index in [4.69, 9.17) is 5.73 Å². The fraction of sp³-hybridized carbons (Fsp3) is 1.00. The Morgan fingerprint density at radius 1 is 1.16 bits per heavy atom. The molecule has 1 atom stereocenters. The molecular formula is C12H25ClN2O3S. The predicted molar refractivity (Wildman–Crippen MR) is 77.8 cm³/mol. The van der Waals surface area contributed by atoms with E-state index in [-0.39, 0.29) is 36.7 Å². The number of β-amino-alcohol motifs (C(OH)–C–C–N with tert-alkyl or cyclic N) is 1. The fourth-order valence-electron chi connectivity index (χ4n) is 2.93. The van der Waals surface area contributed by atoms with Crippen molar-refractivity contribution in [2.24, 2.45) is 11.7 Å². The van der Waals surface area contributed by atoms with Crippen LogP contribution in [-0.2, 0) is 10.0 Å². The Balaban J connectivity index is 0.00000180. The highest BCUT2D eigenvalue weighted by molar-refractivity contribution is 7.89. The number of sulfonamides is 1. The van der Waals surface area contributed by atoms with Crippen molar-refractivity contribution >= 4 is 22.4 Å². The van der Waals surface area contributed by atoms with Crippen LogP contribution in [0.1, 0.15) is 38.5 Å². The zero-order valence-electron chi connectivity index (χ0n) is 11.2. The highest BCUT2D eigenvalue weighted by Crippen LogP contribution is 2.26. The van der Waals surface area contributed by atoms with E-state index < -0.39 is 16.1 Å². The molecule has 19 heavy (non-hydrogen) atoms. The molecular weight excluding hydrogens is 288 g/mol. The van der Waals surface area contributed by atoms with Crippen molar-refractivity contribution in [3.8, 4) is 0 Å². The Morgan fingerprint density at radius 3 is 2.37 bits per heavy atom. The molecule has 0 aromatic rings. The molecule has 0 aromatic carbocycles. The molecule has 1 heterocycles. The van der Waals surface area contributed by atoms with Gasteiger partial charge >= 0.3 is 0 Å². The van der Waals surface area contributed by atoms with Gasteiger partial charge in [-0.3, -0.25) is 0 Å². The minimum Gasteiger partial charge on any atom is -0.392 e. The maximum Gasteiger partial charge on any atom is 0.214 e. The van der Waals surface area contributed by atoms with E-state index in [1.54, 1.807) is 0 Å². The Kier molecular flexibility index (Phi) is 6.53. The average Bonchev–Trinajstić information content (AvgIpc) is 2.32. The summed E-state index contributed by atoms with van der Waals surface area (Å²) in [7, 11) is -3.20. The molecule has 5 nitrogen and oxygen atoms in total. The number of halogens is 1. The highest BCUT2D eigenvalue weighted by atomic mass is 35.5. The van der Waals surface area contributed by atoms with Crippen molar-refractivity contribution in [3.05, 3.63) is 0 Å². The lowest BCUT2D eigenvalue weighted by molar-refractivity contribution is 0.107. The van der Waals surface area contributed by atoms with Gasteiger partial charge in [0.1, 0.15) is 0 Å². The zero-order valence-corrected chi connectivity index (χ0v) is 12.8. The van der Waals surface area contributed by atoms with Gasteiger partial charge in [0.2, 0.25) is 10.0 Å². The average molecular weight is 313 g/mol. The van der Waals surface area contributed by atoms with Gasteiger partial charge in [0.15, 0.2) is 0 Å². The zero-order chi connectivity index (χ0) is 13.2. The molecule has 1 aliphatic heterocycles. The smallest absolute Gasteiger partial charge is 0.214 e. The van der Waals surface area contributed by atoms with Crippen LogP contribution in [0.3, 0.4) is 0 Å². The number of nitrogens with zero attached hydrogens (tertiary/aromatic N) is 1. The molecule has 3 N–H and O–H groups in total. The van der Waals surface area contributed by atoms with Gasteiger partial charge in [-0.2, -0.15) is 4.31 Å². The van der Waals surface area contributed by atoms with Crippen LogP contribution in [-0.4, -0.2) is 48.8 Å². The summed E-state index contributed by atoms with van der Waals surface area (Å²) < 4.78 is 26.0. The summed E-state index contributed by atoms with van der Waals surface area (Å²) in [6.07, 6.45) is 4.67. The van der Waals surface area contributed by atoms with E-state index in [1.165, 1.54) is 4.31 Å². The van der Waals surface area contributed by atoms with Crippen LogP contribution >= 0.6 is 12.4 Å². The van der Waals surface area contributed by atoms with Crippen molar-refractivity contribution in [1.82, 2.24) is 4.31 Å². The molecule has 1 saturated heterocycles. The van der Waals surface area contributed by atoms with Gasteiger partial charge in [0, 0.05) is 19.1 Å². The van der Waals surface area contributed by atoms with Gasteiger partial charge in [-0.25, -0.2) is 8.42 Å². The standard InChI is InChI=1S/C12H24N2O3S.ClH/c13-11-5-3-10(4-6-11)9-18(16,17)14-7-1-2-12(15)8-14;/h10-12,15H,1-9,13H2;1H/t10-,11-,12?;. The summed E-state index contributed by atoms with van der Waals surface area (Å²) in [6.45, 7) is 0.834. The SMILES string of the molecule is Cl.N[C@H]1CC[C@H](CS(=O)(=O)N2CCCC(O)C2)CC1. The van der Waals surface area contributed by atoms with E-state index in [2.05, 4.69) is 0 Å². The Bertz CT molecular complexity index is 369. The molecule has 0 aromatic heterocycles. The van der Waals surface area contributed by atoms with E-state index in [0.29, 0.717) is 13.0 Å². The molecule has 1 saturated carbocycles. The van der Waals surface area contributed by atoms with Crippen LogP contribution in [0, 0.1) is 5.92 Å². The molecule has 1 unspecified atom stereocenters. The minimum absolute atomic E-state index is 0. The second-order valence-electron chi connectivity index (χ2n) is 5.71. The first-order chi connectivity index (χ1) is 8.47. The van der Waals surface area contributed by atoms with Crippen LogP contribution in [0.4, 0.5) is 0 Å². The highest BCUT2D eigenvalue weighted by Gasteiger charge is 2.31. The van der Waals surface area contributed by atoms with Gasteiger partial charge in [0.05, 0.1) is 11.9 Å². The van der Waals surface area contributed by atoms with Crippen molar-refractivity contribution in [1.29, 1.82) is 0 Å². The third kappa shape index (κ3) is 4.86. The molecule has 7 heteroatoms. The van der Waals surface area contributed by atoms with E-state index in [1.807, 2.05) is 0 Å². The lowest BCUT2D eigenvalue weighted by Crippen LogP contribution is -2.44. The first kappa shape index (κ1) is 17.2. The number of nitrogens with two attached hydrogens (primary N) is 1. The van der Waals surface area contributed by atoms with E-state index in [0.717, 1.165) is 32.1 Å². The van der Waals surface area contributed by atoms with Crippen LogP contribution in [0.5, 0.6) is 0 Å². The molecule has 0 spiro atoms. The van der Waals surface area contributed by atoms with Crippen molar-refractivity contribution in [2.45, 2.75) is 50.7 Å². The third-order valence-corrected chi connectivity index (χ3v) is 6.10. The van der Waals surface area contributed by atoms with E-state index >= 15 is 0 Å². The van der Waals surface area contributed by atoms with Gasteiger partial charge in [-0.15, -0.1) is 12.4 Å². The van der Waals surface area contributed by atoms with Crippen molar-refractivity contribution in [2.75, 3.05) is 18.8 Å². The lowest BCUT2D eigenvalue weighted by atomic mass is 9.88. The molecule has 114 valence electrons. The normalized spacial score (nSPS) is 33.7. The maximum absolute atomic E-state index is 12.3. The summed E-state index contributed by atoms with van der Waals surface area (Å²) in [4.78, 5) is 0. The van der Waals surface area contributed by atoms with Gasteiger partial charge in [-0.05, 0) is 44.4 Å². The Hall–Kier alpha value is 0.120. The quantitative estimate of drug-likeness (QED) is 0.804. The topological polar surface area (TPSA) is 83.6 Å². The molecule has 0 amide bonds. The molecule has 2 aliphatic rings. The Labute approximate surface area is 122 Å². The first-order valence-electron chi connectivity index (χ1n) is 6.89. The number of piperidine rings is 1. The summed E-state index contributed by atoms with van der Waals surface area (Å²) in [6, 6.07) is 0.251. The summed E-state index contributed by atoms with van der Waals surface area (Å²) in [5.74, 6) is 0.473. The number of aliphatic hydroxyl groups is 1. The maximum atomic E-state index is 12.3. The van der Waals surface area contributed by atoms with E-state index in [9.17, 15) is 13.5 Å². The van der Waals surface area contributed by atoms with Crippen molar-refractivity contribution < 1.29 is 13.5 Å². The largest absolute Gasteiger partial charge is 0.392 e. The fourth-order valence-corrected chi connectivity index (χ4v) is 4.88. The van der Waals surface area contributed by atoms with Crippen LogP contribution in [0.25, 0.3) is 0 Å². The van der Waals surface area contributed by atoms with Gasteiger partial charge in [0.25, 0.3) is 0 Å². The van der Waals surface area contributed by atoms with Crippen LogP contribution < -0.4 is 5.73 Å². The molecule has 0 bridgehead atoms. The predicted octanol–water partition coefficient (Wildman–Crippen LogP) is 0.712. The molecule has 2 fully saturated rings. The number of rotatable bonds is 3. The second kappa shape index (κ2) is 7.22. The molecule has 1 aliphatic carbocycles. The number of hydrogen-bond donors (Lipinski definition) is 2. The van der Waals surface area contributed by atoms with Crippen LogP contribution in [0.15, 0.2) is 0 Å². The number of aliphatic hydroxyl groups excluding tert-OH is 1. The van der Waals surface area contributed by atoms with Gasteiger partial charge in [-0.1, -0.05) is 0 Å². The summed E-state index contributed by atoms with van der Waals surface area (Å²) in [5.41, 5.74) is 5.83. The second-order valence-corrected chi connectivity index (χ2v) is 7.73. The summed E-state index contributed by atoms with van der Waals surface area (Å²) >= 11 is 0. The molecule has 2 rings (SSSR count).